The largest absolute Gasteiger partial charge is 0.354 e. The van der Waals surface area contributed by atoms with Gasteiger partial charge in [-0.15, -0.1) is 0 Å². The molecule has 0 spiro atoms. The number of hydrogen-bond acceptors (Lipinski definition) is 2. The molecule has 2 aromatic rings. The Kier molecular flexibility index (Phi) is 8.34. The summed E-state index contributed by atoms with van der Waals surface area (Å²) in [5, 5.41) is 3.48. The van der Waals surface area contributed by atoms with Gasteiger partial charge in [0.15, 0.2) is 0 Å². The van der Waals surface area contributed by atoms with E-state index >= 15 is 0 Å². The average molecular weight is 387 g/mol. The van der Waals surface area contributed by atoms with Crippen LogP contribution in [0.4, 0.5) is 0 Å². The molecule has 1 atom stereocenters. The lowest BCUT2D eigenvalue weighted by Gasteiger charge is -2.31. The molecule has 0 fully saturated rings. The van der Waals surface area contributed by atoms with Gasteiger partial charge in [-0.05, 0) is 30.0 Å². The molecule has 1 N–H and O–H groups in total. The highest BCUT2D eigenvalue weighted by atomic mass is 35.5. The number of nitrogens with zero attached hydrogens (tertiary/aromatic N) is 1. The molecule has 0 aliphatic heterocycles. The van der Waals surface area contributed by atoms with Crippen molar-refractivity contribution in [3.8, 4) is 0 Å². The molecule has 0 aromatic heterocycles. The lowest BCUT2D eigenvalue weighted by atomic mass is 10.1. The SMILES string of the molecule is CCCNC(=O)[C@H](CC)N(Cc1ccccc1)C(=O)Cc1ccccc1Cl. The molecule has 0 unspecified atom stereocenters. The van der Waals surface area contributed by atoms with Crippen LogP contribution in [0.3, 0.4) is 0 Å². The Labute approximate surface area is 166 Å². The normalized spacial score (nSPS) is 11.7. The van der Waals surface area contributed by atoms with Crippen LogP contribution in [-0.4, -0.2) is 29.3 Å². The molecule has 0 aliphatic carbocycles. The first-order chi connectivity index (χ1) is 13.1. The number of halogens is 1. The predicted molar refractivity (Wildman–Crippen MR) is 110 cm³/mol. The second-order valence-electron chi connectivity index (χ2n) is 6.49. The van der Waals surface area contributed by atoms with Crippen molar-refractivity contribution in [2.24, 2.45) is 0 Å². The van der Waals surface area contributed by atoms with Gasteiger partial charge < -0.3 is 10.2 Å². The van der Waals surface area contributed by atoms with E-state index in [1.165, 1.54) is 0 Å². The van der Waals surface area contributed by atoms with Crippen LogP contribution >= 0.6 is 11.6 Å². The number of benzene rings is 2. The molecule has 0 bridgehead atoms. The summed E-state index contributed by atoms with van der Waals surface area (Å²) in [6.07, 6.45) is 1.58. The molecule has 0 saturated heterocycles. The summed E-state index contributed by atoms with van der Waals surface area (Å²) < 4.78 is 0. The van der Waals surface area contributed by atoms with E-state index in [9.17, 15) is 9.59 Å². The van der Waals surface area contributed by atoms with Crippen LogP contribution in [0, 0.1) is 0 Å². The third kappa shape index (κ3) is 6.10. The highest BCUT2D eigenvalue weighted by Gasteiger charge is 2.28. The maximum atomic E-state index is 13.1. The van der Waals surface area contributed by atoms with Gasteiger partial charge in [0, 0.05) is 18.1 Å². The number of carbonyl (C=O) groups is 2. The summed E-state index contributed by atoms with van der Waals surface area (Å²) in [7, 11) is 0. The second kappa shape index (κ2) is 10.7. The van der Waals surface area contributed by atoms with Crippen LogP contribution in [0.1, 0.15) is 37.8 Å². The maximum absolute atomic E-state index is 13.1. The summed E-state index contributed by atoms with van der Waals surface area (Å²) >= 11 is 6.23. The Hall–Kier alpha value is -2.33. The van der Waals surface area contributed by atoms with Crippen LogP contribution in [-0.2, 0) is 22.6 Å². The minimum Gasteiger partial charge on any atom is -0.354 e. The Morgan fingerprint density at radius 3 is 2.33 bits per heavy atom. The van der Waals surface area contributed by atoms with Gasteiger partial charge in [0.25, 0.3) is 0 Å². The van der Waals surface area contributed by atoms with Crippen molar-refractivity contribution in [2.45, 2.75) is 45.7 Å². The van der Waals surface area contributed by atoms with Gasteiger partial charge in [0.1, 0.15) is 6.04 Å². The molecule has 5 heteroatoms. The molecule has 0 saturated carbocycles. The minimum absolute atomic E-state index is 0.106. The molecule has 2 rings (SSSR count). The molecule has 27 heavy (non-hydrogen) atoms. The maximum Gasteiger partial charge on any atom is 0.242 e. The summed E-state index contributed by atoms with van der Waals surface area (Å²) in [5.41, 5.74) is 1.76. The van der Waals surface area contributed by atoms with Crippen molar-refractivity contribution in [3.05, 3.63) is 70.7 Å². The van der Waals surface area contributed by atoms with Crippen molar-refractivity contribution in [3.63, 3.8) is 0 Å². The van der Waals surface area contributed by atoms with E-state index in [0.29, 0.717) is 24.5 Å². The first-order valence-electron chi connectivity index (χ1n) is 9.41. The van der Waals surface area contributed by atoms with Gasteiger partial charge >= 0.3 is 0 Å². The summed E-state index contributed by atoms with van der Waals surface area (Å²) in [4.78, 5) is 27.5. The number of rotatable bonds is 9. The topological polar surface area (TPSA) is 49.4 Å². The Balaban J connectivity index is 2.25. The summed E-state index contributed by atoms with van der Waals surface area (Å²) in [6.45, 7) is 4.93. The Morgan fingerprint density at radius 2 is 1.70 bits per heavy atom. The zero-order valence-electron chi connectivity index (χ0n) is 16.0. The first kappa shape index (κ1) is 21.0. The van der Waals surface area contributed by atoms with Gasteiger partial charge in [-0.3, -0.25) is 9.59 Å². The van der Waals surface area contributed by atoms with Crippen molar-refractivity contribution < 1.29 is 9.59 Å². The fourth-order valence-corrected chi connectivity index (χ4v) is 3.17. The van der Waals surface area contributed by atoms with E-state index in [2.05, 4.69) is 5.32 Å². The average Bonchev–Trinajstić information content (AvgIpc) is 2.68. The minimum atomic E-state index is -0.508. The first-order valence-corrected chi connectivity index (χ1v) is 9.79. The molecule has 0 aliphatic rings. The van der Waals surface area contributed by atoms with Crippen molar-refractivity contribution in [2.75, 3.05) is 6.54 Å². The number of hydrogen-bond donors (Lipinski definition) is 1. The molecular formula is C22H27ClN2O2. The van der Waals surface area contributed by atoms with E-state index in [1.54, 1.807) is 11.0 Å². The zero-order valence-corrected chi connectivity index (χ0v) is 16.7. The van der Waals surface area contributed by atoms with Gasteiger partial charge in [-0.2, -0.15) is 0 Å². The molecule has 2 amide bonds. The quantitative estimate of drug-likeness (QED) is 0.701. The van der Waals surface area contributed by atoms with Gasteiger partial charge in [0.2, 0.25) is 11.8 Å². The fourth-order valence-electron chi connectivity index (χ4n) is 2.97. The van der Waals surface area contributed by atoms with E-state index < -0.39 is 6.04 Å². The summed E-state index contributed by atoms with van der Waals surface area (Å²) in [5.74, 6) is -0.215. The monoisotopic (exact) mass is 386 g/mol. The van der Waals surface area contributed by atoms with Crippen LogP contribution in [0.2, 0.25) is 5.02 Å². The van der Waals surface area contributed by atoms with Crippen LogP contribution in [0.5, 0.6) is 0 Å². The van der Waals surface area contributed by atoms with Crippen molar-refractivity contribution in [1.29, 1.82) is 0 Å². The van der Waals surface area contributed by atoms with E-state index in [0.717, 1.165) is 17.5 Å². The lowest BCUT2D eigenvalue weighted by Crippen LogP contribution is -2.49. The molecule has 2 aromatic carbocycles. The molecule has 0 heterocycles. The summed E-state index contributed by atoms with van der Waals surface area (Å²) in [6, 6.07) is 16.5. The van der Waals surface area contributed by atoms with Crippen molar-refractivity contribution in [1.82, 2.24) is 10.2 Å². The second-order valence-corrected chi connectivity index (χ2v) is 6.90. The molecule has 144 valence electrons. The number of amides is 2. The third-order valence-corrected chi connectivity index (χ3v) is 4.80. The third-order valence-electron chi connectivity index (χ3n) is 4.43. The van der Waals surface area contributed by atoms with E-state index in [4.69, 9.17) is 11.6 Å². The predicted octanol–water partition coefficient (Wildman–Crippen LogP) is 4.22. The standard InChI is InChI=1S/C22H27ClN2O2/c1-3-14-24-22(27)20(4-2)25(16-17-10-6-5-7-11-17)21(26)15-18-12-8-9-13-19(18)23/h5-13,20H,3-4,14-16H2,1-2H3,(H,24,27)/t20-/m0/s1. The number of carbonyl (C=O) groups excluding carboxylic acids is 2. The fraction of sp³-hybridized carbons (Fsp3) is 0.364. The van der Waals surface area contributed by atoms with Gasteiger partial charge in [0.05, 0.1) is 6.42 Å². The smallest absolute Gasteiger partial charge is 0.242 e. The van der Waals surface area contributed by atoms with Gasteiger partial charge in [-0.25, -0.2) is 0 Å². The Morgan fingerprint density at radius 1 is 1.04 bits per heavy atom. The van der Waals surface area contributed by atoms with Crippen LogP contribution in [0.25, 0.3) is 0 Å². The molecule has 4 nitrogen and oxygen atoms in total. The van der Waals surface area contributed by atoms with E-state index in [1.807, 2.05) is 62.4 Å². The number of nitrogens with one attached hydrogen (secondary N) is 1. The highest BCUT2D eigenvalue weighted by molar-refractivity contribution is 6.31. The zero-order chi connectivity index (χ0) is 19.6. The van der Waals surface area contributed by atoms with Crippen LogP contribution in [0.15, 0.2) is 54.6 Å². The van der Waals surface area contributed by atoms with Gasteiger partial charge in [-0.1, -0.05) is 74.0 Å². The highest BCUT2D eigenvalue weighted by Crippen LogP contribution is 2.19. The van der Waals surface area contributed by atoms with E-state index in [-0.39, 0.29) is 18.2 Å². The lowest BCUT2D eigenvalue weighted by molar-refractivity contribution is -0.140. The Bertz CT molecular complexity index is 749. The molecular weight excluding hydrogens is 360 g/mol. The van der Waals surface area contributed by atoms with Crippen LogP contribution < -0.4 is 5.32 Å². The molecule has 0 radical (unpaired) electrons. The van der Waals surface area contributed by atoms with Crippen molar-refractivity contribution >= 4 is 23.4 Å².